The number of para-hydroxylation sites is 1. The third kappa shape index (κ3) is 2.31. The van der Waals surface area contributed by atoms with E-state index in [4.69, 9.17) is 16.3 Å². The van der Waals surface area contributed by atoms with Crippen LogP contribution in [-0.4, -0.2) is 7.11 Å². The molecule has 0 saturated heterocycles. The summed E-state index contributed by atoms with van der Waals surface area (Å²) in [5.41, 5.74) is 1.08. The first-order valence-corrected chi connectivity index (χ1v) is 6.09. The summed E-state index contributed by atoms with van der Waals surface area (Å²) in [5, 5.41) is 0.0918. The predicted molar refractivity (Wildman–Crippen MR) is 71.1 cm³/mol. The second-order valence-electron chi connectivity index (χ2n) is 3.42. The molecule has 2 rings (SSSR count). The molecule has 1 nitrogen and oxygen atoms in total. The van der Waals surface area contributed by atoms with Crippen LogP contribution in [0.4, 0.5) is 4.39 Å². The summed E-state index contributed by atoms with van der Waals surface area (Å²) >= 11 is 9.12. The minimum atomic E-state index is -0.453. The summed E-state index contributed by atoms with van der Waals surface area (Å²) in [4.78, 5) is 0. The summed E-state index contributed by atoms with van der Waals surface area (Å²) < 4.78 is 19.9. The van der Waals surface area contributed by atoms with Crippen molar-refractivity contribution >= 4 is 27.5 Å². The van der Waals surface area contributed by atoms with Gasteiger partial charge in [0.2, 0.25) is 0 Å². The Bertz CT molecular complexity index is 557. The van der Waals surface area contributed by atoms with Gasteiger partial charge in [0.1, 0.15) is 5.75 Å². The van der Waals surface area contributed by atoms with E-state index in [-0.39, 0.29) is 5.02 Å². The van der Waals surface area contributed by atoms with Crippen LogP contribution in [0.5, 0.6) is 5.75 Å². The Balaban J connectivity index is 2.72. The molecule has 2 aromatic rings. The van der Waals surface area contributed by atoms with Crippen LogP contribution >= 0.6 is 27.5 Å². The fourth-order valence-corrected chi connectivity index (χ4v) is 2.30. The van der Waals surface area contributed by atoms with Gasteiger partial charge in [0, 0.05) is 15.6 Å². The summed E-state index contributed by atoms with van der Waals surface area (Å²) in [7, 11) is 1.55. The zero-order valence-corrected chi connectivity index (χ0v) is 11.3. The van der Waals surface area contributed by atoms with Gasteiger partial charge in [-0.25, -0.2) is 4.39 Å². The highest BCUT2D eigenvalue weighted by molar-refractivity contribution is 9.10. The van der Waals surface area contributed by atoms with Gasteiger partial charge in [0.15, 0.2) is 5.82 Å². The predicted octanol–water partition coefficient (Wildman–Crippen LogP) is 4.92. The summed E-state index contributed by atoms with van der Waals surface area (Å²) in [5.74, 6) is 0.153. The molecule has 0 aliphatic carbocycles. The summed E-state index contributed by atoms with van der Waals surface area (Å²) in [6, 6.07) is 10.5. The van der Waals surface area contributed by atoms with E-state index in [0.717, 1.165) is 0 Å². The zero-order valence-electron chi connectivity index (χ0n) is 9.01. The minimum absolute atomic E-state index is 0.0918. The Morgan fingerprint density at radius 1 is 1.18 bits per heavy atom. The SMILES string of the molecule is COc1ccccc1-c1c(Br)ccc(Cl)c1F. The van der Waals surface area contributed by atoms with Gasteiger partial charge in [-0.2, -0.15) is 0 Å². The Morgan fingerprint density at radius 3 is 2.59 bits per heavy atom. The number of halogens is 3. The van der Waals surface area contributed by atoms with E-state index >= 15 is 0 Å². The quantitative estimate of drug-likeness (QED) is 0.715. The minimum Gasteiger partial charge on any atom is -0.496 e. The smallest absolute Gasteiger partial charge is 0.150 e. The Labute approximate surface area is 112 Å². The van der Waals surface area contributed by atoms with Gasteiger partial charge in [-0.05, 0) is 18.2 Å². The second kappa shape index (κ2) is 5.07. The molecule has 0 N–H and O–H groups in total. The lowest BCUT2D eigenvalue weighted by Gasteiger charge is -2.11. The topological polar surface area (TPSA) is 9.23 Å². The normalized spacial score (nSPS) is 10.4. The van der Waals surface area contributed by atoms with E-state index in [1.54, 1.807) is 25.3 Å². The molecular formula is C13H9BrClFO. The van der Waals surface area contributed by atoms with Crippen molar-refractivity contribution in [2.45, 2.75) is 0 Å². The number of benzene rings is 2. The maximum Gasteiger partial charge on any atom is 0.150 e. The van der Waals surface area contributed by atoms with Crippen LogP contribution in [0.15, 0.2) is 40.9 Å². The van der Waals surface area contributed by atoms with E-state index in [0.29, 0.717) is 21.3 Å². The van der Waals surface area contributed by atoms with Crippen LogP contribution in [0.3, 0.4) is 0 Å². The van der Waals surface area contributed by atoms with Gasteiger partial charge in [0.05, 0.1) is 12.1 Å². The molecule has 0 aliphatic heterocycles. The molecule has 88 valence electrons. The molecule has 0 spiro atoms. The molecule has 0 unspecified atom stereocenters. The van der Waals surface area contributed by atoms with Gasteiger partial charge < -0.3 is 4.74 Å². The van der Waals surface area contributed by atoms with E-state index < -0.39 is 5.82 Å². The molecular weight excluding hydrogens is 306 g/mol. The van der Waals surface area contributed by atoms with E-state index in [2.05, 4.69) is 15.9 Å². The number of hydrogen-bond donors (Lipinski definition) is 0. The maximum absolute atomic E-state index is 14.0. The van der Waals surface area contributed by atoms with E-state index in [1.165, 1.54) is 6.07 Å². The van der Waals surface area contributed by atoms with Crippen LogP contribution in [0.25, 0.3) is 11.1 Å². The molecule has 0 saturated carbocycles. The van der Waals surface area contributed by atoms with Crippen molar-refractivity contribution in [2.75, 3.05) is 7.11 Å². The number of ether oxygens (including phenoxy) is 1. The molecule has 2 aromatic carbocycles. The molecule has 0 atom stereocenters. The Hall–Kier alpha value is -1.06. The highest BCUT2D eigenvalue weighted by Crippen LogP contribution is 2.38. The molecule has 0 radical (unpaired) electrons. The van der Waals surface area contributed by atoms with Crippen molar-refractivity contribution < 1.29 is 9.13 Å². The summed E-state index contributed by atoms with van der Waals surface area (Å²) in [6.07, 6.45) is 0. The largest absolute Gasteiger partial charge is 0.496 e. The van der Waals surface area contributed by atoms with Gasteiger partial charge in [-0.15, -0.1) is 0 Å². The fourth-order valence-electron chi connectivity index (χ4n) is 1.63. The first-order valence-electron chi connectivity index (χ1n) is 4.92. The van der Waals surface area contributed by atoms with Gasteiger partial charge in [-0.1, -0.05) is 45.7 Å². The maximum atomic E-state index is 14.0. The van der Waals surface area contributed by atoms with Gasteiger partial charge in [0.25, 0.3) is 0 Å². The lowest BCUT2D eigenvalue weighted by Crippen LogP contribution is -1.92. The standard InChI is InChI=1S/C13H9BrClFO/c1-17-11-5-3-2-4-8(11)12-9(14)6-7-10(15)13(12)16/h2-7H,1H3. The van der Waals surface area contributed by atoms with E-state index in [9.17, 15) is 4.39 Å². The highest BCUT2D eigenvalue weighted by Gasteiger charge is 2.16. The molecule has 17 heavy (non-hydrogen) atoms. The first kappa shape index (κ1) is 12.4. The van der Waals surface area contributed by atoms with Crippen molar-refractivity contribution in [2.24, 2.45) is 0 Å². The molecule has 0 fully saturated rings. The van der Waals surface area contributed by atoms with E-state index in [1.807, 2.05) is 12.1 Å². The number of methoxy groups -OCH3 is 1. The monoisotopic (exact) mass is 314 g/mol. The number of rotatable bonds is 2. The van der Waals surface area contributed by atoms with Crippen LogP contribution < -0.4 is 4.74 Å². The molecule has 0 aliphatic rings. The number of hydrogen-bond acceptors (Lipinski definition) is 1. The highest BCUT2D eigenvalue weighted by atomic mass is 79.9. The van der Waals surface area contributed by atoms with Crippen molar-refractivity contribution in [1.82, 2.24) is 0 Å². The van der Waals surface area contributed by atoms with Crippen molar-refractivity contribution in [3.63, 3.8) is 0 Å². The van der Waals surface area contributed by atoms with Crippen molar-refractivity contribution in [1.29, 1.82) is 0 Å². The lowest BCUT2D eigenvalue weighted by molar-refractivity contribution is 0.416. The molecule has 0 aromatic heterocycles. The van der Waals surface area contributed by atoms with Gasteiger partial charge >= 0.3 is 0 Å². The average Bonchev–Trinajstić information content (AvgIpc) is 2.35. The van der Waals surface area contributed by atoms with Crippen molar-refractivity contribution in [3.8, 4) is 16.9 Å². The zero-order chi connectivity index (χ0) is 12.4. The fraction of sp³-hybridized carbons (Fsp3) is 0.0769. The van der Waals surface area contributed by atoms with Gasteiger partial charge in [-0.3, -0.25) is 0 Å². The van der Waals surface area contributed by atoms with Crippen LogP contribution in [-0.2, 0) is 0 Å². The van der Waals surface area contributed by atoms with Crippen LogP contribution in [0, 0.1) is 5.82 Å². The molecule has 0 amide bonds. The Kier molecular flexibility index (Phi) is 3.69. The summed E-state index contributed by atoms with van der Waals surface area (Å²) in [6.45, 7) is 0. The lowest BCUT2D eigenvalue weighted by atomic mass is 10.0. The van der Waals surface area contributed by atoms with Crippen LogP contribution in [0.2, 0.25) is 5.02 Å². The Morgan fingerprint density at radius 2 is 1.88 bits per heavy atom. The van der Waals surface area contributed by atoms with Crippen LogP contribution in [0.1, 0.15) is 0 Å². The molecule has 0 heterocycles. The first-order chi connectivity index (χ1) is 8.15. The second-order valence-corrected chi connectivity index (χ2v) is 4.68. The third-order valence-corrected chi connectivity index (χ3v) is 3.37. The molecule has 0 bridgehead atoms. The third-order valence-electron chi connectivity index (χ3n) is 2.42. The van der Waals surface area contributed by atoms with Crippen molar-refractivity contribution in [3.05, 3.63) is 51.7 Å². The average molecular weight is 316 g/mol. The molecule has 4 heteroatoms.